The number of hydrogen-bond acceptors (Lipinski definition) is 6. The summed E-state index contributed by atoms with van der Waals surface area (Å²) in [6.45, 7) is 13.5. The van der Waals surface area contributed by atoms with E-state index in [9.17, 15) is 9.59 Å². The van der Waals surface area contributed by atoms with Crippen molar-refractivity contribution in [1.29, 1.82) is 0 Å². The zero-order valence-electron chi connectivity index (χ0n) is 17.3. The third-order valence-corrected chi connectivity index (χ3v) is 5.09. The Bertz CT molecular complexity index is 618. The predicted molar refractivity (Wildman–Crippen MR) is 107 cm³/mol. The lowest BCUT2D eigenvalue weighted by Gasteiger charge is -2.45. The van der Waals surface area contributed by atoms with Crippen LogP contribution in [-0.2, 0) is 9.53 Å². The molecule has 6 nitrogen and oxygen atoms in total. The first-order chi connectivity index (χ1) is 12.8. The van der Waals surface area contributed by atoms with Crippen LogP contribution in [0.2, 0.25) is 0 Å². The molecule has 0 N–H and O–H groups in total. The monoisotopic (exact) mass is 375 g/mol. The van der Waals surface area contributed by atoms with Crippen LogP contribution in [-0.4, -0.2) is 66.4 Å². The Balaban J connectivity index is 1.87. The van der Waals surface area contributed by atoms with Crippen molar-refractivity contribution in [3.63, 3.8) is 0 Å². The normalized spacial score (nSPS) is 20.9. The van der Waals surface area contributed by atoms with Gasteiger partial charge in [-0.3, -0.25) is 14.5 Å². The van der Waals surface area contributed by atoms with Gasteiger partial charge in [0, 0.05) is 55.8 Å². The number of ketones is 2. The van der Waals surface area contributed by atoms with Crippen molar-refractivity contribution in [2.24, 2.45) is 5.92 Å². The zero-order chi connectivity index (χ0) is 20.0. The number of rotatable bonds is 9. The van der Waals surface area contributed by atoms with E-state index in [0.29, 0.717) is 30.7 Å². The number of anilines is 1. The molecule has 2 atom stereocenters. The topological polar surface area (TPSA) is 62.7 Å². The van der Waals surface area contributed by atoms with Crippen molar-refractivity contribution in [2.75, 3.05) is 37.7 Å². The Morgan fingerprint density at radius 3 is 2.41 bits per heavy atom. The molecule has 0 aliphatic carbocycles. The van der Waals surface area contributed by atoms with Gasteiger partial charge in [-0.25, -0.2) is 4.98 Å². The fourth-order valence-electron chi connectivity index (χ4n) is 3.51. The molecule has 0 radical (unpaired) electrons. The molecule has 0 bridgehead atoms. The molecule has 1 saturated heterocycles. The standard InChI is InChI=1S/C21H33N3O3/c1-6-19(25)18-7-8-21(22-11-18)24-16(4)12-23(13-17(24)5)9-10-27-14-20(26)15(2)3/h7-8,11,15-17H,6,9-10,12-14H2,1-5H3/t16-,17+. The molecular formula is C21H33N3O3. The van der Waals surface area contributed by atoms with Gasteiger partial charge < -0.3 is 9.64 Å². The number of carbonyl (C=O) groups excluding carboxylic acids is 2. The van der Waals surface area contributed by atoms with Gasteiger partial charge in [0.25, 0.3) is 0 Å². The number of Topliss-reactive ketones (excluding diaryl/α,β-unsaturated/α-hetero) is 2. The third-order valence-electron chi connectivity index (χ3n) is 5.09. The summed E-state index contributed by atoms with van der Waals surface area (Å²) in [6, 6.07) is 4.45. The summed E-state index contributed by atoms with van der Waals surface area (Å²) in [5, 5.41) is 0. The number of carbonyl (C=O) groups is 2. The van der Waals surface area contributed by atoms with E-state index in [0.717, 1.165) is 25.5 Å². The number of hydrogen-bond donors (Lipinski definition) is 0. The van der Waals surface area contributed by atoms with Crippen LogP contribution in [0, 0.1) is 5.92 Å². The molecule has 0 spiro atoms. The van der Waals surface area contributed by atoms with Crippen LogP contribution in [0.25, 0.3) is 0 Å². The molecule has 1 fully saturated rings. The molecule has 1 aliphatic heterocycles. The van der Waals surface area contributed by atoms with E-state index in [1.165, 1.54) is 0 Å². The van der Waals surface area contributed by atoms with E-state index in [1.54, 1.807) is 6.20 Å². The average molecular weight is 376 g/mol. The number of nitrogens with zero attached hydrogens (tertiary/aromatic N) is 3. The van der Waals surface area contributed by atoms with Gasteiger partial charge in [-0.05, 0) is 26.0 Å². The smallest absolute Gasteiger partial charge is 0.164 e. The Kier molecular flexibility index (Phi) is 7.92. The van der Waals surface area contributed by atoms with Gasteiger partial charge >= 0.3 is 0 Å². The molecule has 0 amide bonds. The van der Waals surface area contributed by atoms with E-state index < -0.39 is 0 Å². The molecule has 6 heteroatoms. The van der Waals surface area contributed by atoms with Gasteiger partial charge in [0.15, 0.2) is 11.6 Å². The quantitative estimate of drug-likeness (QED) is 0.489. The zero-order valence-corrected chi connectivity index (χ0v) is 17.3. The minimum atomic E-state index is 0.0279. The Morgan fingerprint density at radius 2 is 1.89 bits per heavy atom. The molecular weight excluding hydrogens is 342 g/mol. The number of aromatic nitrogens is 1. The number of piperazine rings is 1. The highest BCUT2D eigenvalue weighted by Gasteiger charge is 2.30. The van der Waals surface area contributed by atoms with Crippen molar-refractivity contribution in [3.05, 3.63) is 23.9 Å². The highest BCUT2D eigenvalue weighted by atomic mass is 16.5. The second kappa shape index (κ2) is 9.95. The Hall–Kier alpha value is -1.79. The molecule has 0 aromatic carbocycles. The van der Waals surface area contributed by atoms with Crippen molar-refractivity contribution in [1.82, 2.24) is 9.88 Å². The Morgan fingerprint density at radius 1 is 1.22 bits per heavy atom. The van der Waals surface area contributed by atoms with Gasteiger partial charge in [0.2, 0.25) is 0 Å². The van der Waals surface area contributed by atoms with Crippen molar-refractivity contribution < 1.29 is 14.3 Å². The third kappa shape index (κ3) is 5.84. The van der Waals surface area contributed by atoms with Gasteiger partial charge in [-0.1, -0.05) is 20.8 Å². The van der Waals surface area contributed by atoms with E-state index >= 15 is 0 Å². The second-order valence-electron chi connectivity index (χ2n) is 7.72. The maximum absolute atomic E-state index is 11.8. The maximum atomic E-state index is 11.8. The first-order valence-electron chi connectivity index (χ1n) is 9.93. The average Bonchev–Trinajstić information content (AvgIpc) is 2.64. The van der Waals surface area contributed by atoms with Gasteiger partial charge in [-0.2, -0.15) is 0 Å². The van der Waals surface area contributed by atoms with Crippen LogP contribution in [0.3, 0.4) is 0 Å². The summed E-state index contributed by atoms with van der Waals surface area (Å²) >= 11 is 0. The van der Waals surface area contributed by atoms with E-state index in [1.807, 2.05) is 32.9 Å². The first-order valence-corrected chi connectivity index (χ1v) is 9.93. The molecule has 2 heterocycles. The second-order valence-corrected chi connectivity index (χ2v) is 7.72. The van der Waals surface area contributed by atoms with Crippen LogP contribution in [0.1, 0.15) is 51.4 Å². The largest absolute Gasteiger partial charge is 0.372 e. The number of pyridine rings is 1. The van der Waals surface area contributed by atoms with Crippen LogP contribution in [0.5, 0.6) is 0 Å². The Labute approximate surface area is 162 Å². The van der Waals surface area contributed by atoms with Crippen LogP contribution in [0.4, 0.5) is 5.82 Å². The lowest BCUT2D eigenvalue weighted by molar-refractivity contribution is -0.126. The summed E-state index contributed by atoms with van der Waals surface area (Å²) in [5.41, 5.74) is 0.674. The van der Waals surface area contributed by atoms with Crippen molar-refractivity contribution in [3.8, 4) is 0 Å². The minimum absolute atomic E-state index is 0.0279. The van der Waals surface area contributed by atoms with E-state index in [4.69, 9.17) is 4.74 Å². The van der Waals surface area contributed by atoms with Gasteiger partial charge in [-0.15, -0.1) is 0 Å². The maximum Gasteiger partial charge on any atom is 0.164 e. The van der Waals surface area contributed by atoms with Crippen molar-refractivity contribution in [2.45, 2.75) is 53.1 Å². The van der Waals surface area contributed by atoms with E-state index in [-0.39, 0.29) is 24.1 Å². The first kappa shape index (κ1) is 21.5. The molecule has 1 aromatic rings. The summed E-state index contributed by atoms with van der Waals surface area (Å²) in [6.07, 6.45) is 2.18. The molecule has 0 saturated carbocycles. The highest BCUT2D eigenvalue weighted by Crippen LogP contribution is 2.23. The van der Waals surface area contributed by atoms with Crippen LogP contribution >= 0.6 is 0 Å². The van der Waals surface area contributed by atoms with Gasteiger partial charge in [0.05, 0.1) is 6.61 Å². The molecule has 150 valence electrons. The van der Waals surface area contributed by atoms with Crippen LogP contribution in [0.15, 0.2) is 18.3 Å². The summed E-state index contributed by atoms with van der Waals surface area (Å²) in [7, 11) is 0. The fraction of sp³-hybridized carbons (Fsp3) is 0.667. The highest BCUT2D eigenvalue weighted by molar-refractivity contribution is 5.95. The molecule has 0 unspecified atom stereocenters. The number of ether oxygens (including phenoxy) is 1. The summed E-state index contributed by atoms with van der Waals surface area (Å²) in [4.78, 5) is 32.6. The van der Waals surface area contributed by atoms with Crippen molar-refractivity contribution >= 4 is 17.4 Å². The predicted octanol–water partition coefficient (Wildman–Crippen LogP) is 2.82. The summed E-state index contributed by atoms with van der Waals surface area (Å²) in [5.74, 6) is 1.22. The lowest BCUT2D eigenvalue weighted by atomic mass is 10.1. The molecule has 1 aromatic heterocycles. The lowest BCUT2D eigenvalue weighted by Crippen LogP contribution is -2.57. The fourth-order valence-corrected chi connectivity index (χ4v) is 3.51. The molecule has 2 rings (SSSR count). The van der Waals surface area contributed by atoms with Crippen LogP contribution < -0.4 is 4.90 Å². The summed E-state index contributed by atoms with van der Waals surface area (Å²) < 4.78 is 5.54. The minimum Gasteiger partial charge on any atom is -0.372 e. The SMILES string of the molecule is CCC(=O)c1ccc(N2[C@H](C)CN(CCOCC(=O)C(C)C)C[C@@H]2C)nc1. The van der Waals surface area contributed by atoms with E-state index in [2.05, 4.69) is 28.6 Å². The molecule has 27 heavy (non-hydrogen) atoms. The molecule has 1 aliphatic rings. The van der Waals surface area contributed by atoms with Gasteiger partial charge in [0.1, 0.15) is 12.4 Å².